The van der Waals surface area contributed by atoms with Crippen LogP contribution in [-0.2, 0) is 10.1 Å². The molecular formula is C12H21N3O3S. The second-order valence-corrected chi connectivity index (χ2v) is 5.24. The molecule has 0 saturated carbocycles. The number of hydrogen-bond acceptors (Lipinski definition) is 3. The molecule has 0 aromatic heterocycles. The Bertz CT molecular complexity index is 512. The van der Waals surface area contributed by atoms with E-state index in [-0.39, 0.29) is 4.90 Å². The molecule has 1 rings (SSSR count). The molecule has 6 nitrogen and oxygen atoms in total. The Kier molecular flexibility index (Phi) is 7.10. The van der Waals surface area contributed by atoms with E-state index in [1.54, 1.807) is 12.1 Å². The van der Waals surface area contributed by atoms with Crippen molar-refractivity contribution in [1.29, 1.82) is 0 Å². The number of nitrogens with zero attached hydrogens (tertiary/aromatic N) is 1. The SMILES string of the molecule is CC[N+](CC)=C(N)N.Cc1ccc(S(=O)(=O)[O-])cc1. The lowest BCUT2D eigenvalue weighted by Crippen LogP contribution is -2.35. The highest BCUT2D eigenvalue weighted by molar-refractivity contribution is 7.85. The van der Waals surface area contributed by atoms with Gasteiger partial charge in [-0.25, -0.2) is 8.42 Å². The molecule has 4 N–H and O–H groups in total. The van der Waals surface area contributed by atoms with Crippen molar-refractivity contribution in [2.75, 3.05) is 13.1 Å². The normalized spacial score (nSPS) is 10.3. The van der Waals surface area contributed by atoms with Gasteiger partial charge in [-0.15, -0.1) is 0 Å². The first-order valence-electron chi connectivity index (χ1n) is 5.87. The first kappa shape index (κ1) is 17.4. The largest absolute Gasteiger partial charge is 0.744 e. The second kappa shape index (κ2) is 7.75. The Morgan fingerprint density at radius 1 is 1.16 bits per heavy atom. The lowest BCUT2D eigenvalue weighted by atomic mass is 10.2. The van der Waals surface area contributed by atoms with E-state index in [9.17, 15) is 13.0 Å². The predicted octanol–water partition coefficient (Wildman–Crippen LogP) is 0.211. The molecule has 0 heterocycles. The van der Waals surface area contributed by atoms with Crippen molar-refractivity contribution in [3.63, 3.8) is 0 Å². The summed E-state index contributed by atoms with van der Waals surface area (Å²) in [5.74, 6) is 0.412. The molecule has 108 valence electrons. The third kappa shape index (κ3) is 6.78. The van der Waals surface area contributed by atoms with Gasteiger partial charge in [0, 0.05) is 0 Å². The van der Waals surface area contributed by atoms with Gasteiger partial charge >= 0.3 is 5.96 Å². The van der Waals surface area contributed by atoms with Gasteiger partial charge in [-0.05, 0) is 32.9 Å². The Balaban J connectivity index is 0.000000362. The van der Waals surface area contributed by atoms with Gasteiger partial charge in [0.15, 0.2) is 0 Å². The summed E-state index contributed by atoms with van der Waals surface area (Å²) in [6.45, 7) is 7.63. The van der Waals surface area contributed by atoms with Crippen molar-refractivity contribution >= 4 is 16.1 Å². The number of aryl methyl sites for hydroxylation is 1. The number of nitrogens with two attached hydrogens (primary N) is 2. The number of guanidine groups is 1. The van der Waals surface area contributed by atoms with Crippen LogP contribution in [0, 0.1) is 6.92 Å². The highest BCUT2D eigenvalue weighted by Gasteiger charge is 1.97. The minimum Gasteiger partial charge on any atom is -0.744 e. The van der Waals surface area contributed by atoms with Crippen LogP contribution in [0.3, 0.4) is 0 Å². The van der Waals surface area contributed by atoms with Crippen molar-refractivity contribution in [1.82, 2.24) is 0 Å². The molecule has 0 bridgehead atoms. The quantitative estimate of drug-likeness (QED) is 0.357. The van der Waals surface area contributed by atoms with Crippen LogP contribution < -0.4 is 11.5 Å². The number of hydrogen-bond donors (Lipinski definition) is 2. The van der Waals surface area contributed by atoms with Gasteiger partial charge in [-0.1, -0.05) is 17.7 Å². The standard InChI is InChI=1S/C7H8O3S.C5H13N3/c1-6-2-4-7(5-3-6)11(8,9)10;1-3-8(4-2)5(6)7/h2-5H,1H3,(H,8,9,10);3-4H2,1-2H3,(H3,6,7). The first-order chi connectivity index (χ1) is 8.72. The molecule has 0 atom stereocenters. The molecule has 0 saturated heterocycles. The zero-order chi connectivity index (χ0) is 15.1. The van der Waals surface area contributed by atoms with Crippen molar-refractivity contribution in [2.24, 2.45) is 11.5 Å². The number of rotatable bonds is 3. The first-order valence-corrected chi connectivity index (χ1v) is 7.28. The van der Waals surface area contributed by atoms with Gasteiger partial charge in [0.05, 0.1) is 18.0 Å². The molecule has 0 amide bonds. The molecule has 0 aliphatic carbocycles. The van der Waals surface area contributed by atoms with Crippen LogP contribution in [0.4, 0.5) is 0 Å². The van der Waals surface area contributed by atoms with Gasteiger partial charge in [-0.3, -0.25) is 16.0 Å². The van der Waals surface area contributed by atoms with Gasteiger partial charge in [0.25, 0.3) is 0 Å². The van der Waals surface area contributed by atoms with E-state index in [2.05, 4.69) is 0 Å². The maximum Gasteiger partial charge on any atom is 0.341 e. The summed E-state index contributed by atoms with van der Waals surface area (Å²) < 4.78 is 33.1. The van der Waals surface area contributed by atoms with E-state index in [0.717, 1.165) is 18.7 Å². The van der Waals surface area contributed by atoms with Crippen molar-refractivity contribution in [2.45, 2.75) is 25.7 Å². The van der Waals surface area contributed by atoms with Crippen molar-refractivity contribution in [3.8, 4) is 0 Å². The van der Waals surface area contributed by atoms with E-state index < -0.39 is 10.1 Å². The van der Waals surface area contributed by atoms with E-state index in [0.29, 0.717) is 5.96 Å². The van der Waals surface area contributed by atoms with Crippen LogP contribution in [0.5, 0.6) is 0 Å². The lowest BCUT2D eigenvalue weighted by Gasteiger charge is -2.05. The van der Waals surface area contributed by atoms with Gasteiger partial charge < -0.3 is 4.55 Å². The van der Waals surface area contributed by atoms with Crippen LogP contribution in [-0.4, -0.2) is 36.6 Å². The molecule has 0 spiro atoms. The van der Waals surface area contributed by atoms with E-state index in [4.69, 9.17) is 11.5 Å². The third-order valence-electron chi connectivity index (χ3n) is 2.44. The molecule has 1 aromatic rings. The summed E-state index contributed by atoms with van der Waals surface area (Å²) in [5.41, 5.74) is 11.5. The second-order valence-electron chi connectivity index (χ2n) is 3.86. The summed E-state index contributed by atoms with van der Waals surface area (Å²) >= 11 is 0. The van der Waals surface area contributed by atoms with Crippen molar-refractivity contribution in [3.05, 3.63) is 29.8 Å². The molecular weight excluding hydrogens is 266 g/mol. The predicted molar refractivity (Wildman–Crippen MR) is 73.9 cm³/mol. The minimum absolute atomic E-state index is 0.178. The van der Waals surface area contributed by atoms with E-state index >= 15 is 0 Å². The highest BCUT2D eigenvalue weighted by Crippen LogP contribution is 2.08. The molecule has 0 fully saturated rings. The highest BCUT2D eigenvalue weighted by atomic mass is 32.2. The maximum atomic E-state index is 10.4. The zero-order valence-electron chi connectivity index (χ0n) is 11.5. The Morgan fingerprint density at radius 2 is 1.58 bits per heavy atom. The van der Waals surface area contributed by atoms with E-state index in [1.165, 1.54) is 12.1 Å². The number of benzene rings is 1. The monoisotopic (exact) mass is 287 g/mol. The van der Waals surface area contributed by atoms with Gasteiger partial charge in [0.1, 0.15) is 10.1 Å². The molecule has 0 aliphatic heterocycles. The Hall–Kier alpha value is -1.60. The Labute approximate surface area is 114 Å². The molecule has 0 unspecified atom stereocenters. The van der Waals surface area contributed by atoms with Crippen LogP contribution in [0.25, 0.3) is 0 Å². The fraction of sp³-hybridized carbons (Fsp3) is 0.417. The van der Waals surface area contributed by atoms with Crippen LogP contribution in [0.15, 0.2) is 29.2 Å². The minimum atomic E-state index is -4.27. The van der Waals surface area contributed by atoms with Crippen LogP contribution in [0.2, 0.25) is 0 Å². The van der Waals surface area contributed by atoms with Crippen LogP contribution >= 0.6 is 0 Å². The van der Waals surface area contributed by atoms with E-state index in [1.807, 2.05) is 25.3 Å². The fourth-order valence-corrected chi connectivity index (χ4v) is 1.76. The molecule has 19 heavy (non-hydrogen) atoms. The third-order valence-corrected chi connectivity index (χ3v) is 3.29. The Morgan fingerprint density at radius 3 is 1.79 bits per heavy atom. The summed E-state index contributed by atoms with van der Waals surface area (Å²) in [5, 5.41) is 0. The smallest absolute Gasteiger partial charge is 0.341 e. The molecule has 0 radical (unpaired) electrons. The summed E-state index contributed by atoms with van der Waals surface area (Å²) in [6, 6.07) is 5.78. The van der Waals surface area contributed by atoms with Gasteiger partial charge in [0.2, 0.25) is 0 Å². The molecule has 7 heteroatoms. The summed E-state index contributed by atoms with van der Waals surface area (Å²) in [7, 11) is -4.27. The average molecular weight is 287 g/mol. The van der Waals surface area contributed by atoms with Crippen molar-refractivity contribution < 1.29 is 17.5 Å². The van der Waals surface area contributed by atoms with Crippen LogP contribution in [0.1, 0.15) is 19.4 Å². The fourth-order valence-electron chi connectivity index (χ4n) is 1.29. The topological polar surface area (TPSA) is 112 Å². The van der Waals surface area contributed by atoms with Gasteiger partial charge in [-0.2, -0.15) is 0 Å². The lowest BCUT2D eigenvalue weighted by molar-refractivity contribution is -0.522. The summed E-state index contributed by atoms with van der Waals surface area (Å²) in [4.78, 5) is -0.178. The summed E-state index contributed by atoms with van der Waals surface area (Å²) in [6.07, 6.45) is 0. The maximum absolute atomic E-state index is 10.4. The average Bonchev–Trinajstić information content (AvgIpc) is 2.30. The molecule has 0 aliphatic rings. The molecule has 1 aromatic carbocycles. The zero-order valence-corrected chi connectivity index (χ0v) is 12.3.